The van der Waals surface area contributed by atoms with E-state index in [1.807, 2.05) is 18.3 Å². The van der Waals surface area contributed by atoms with Crippen LogP contribution in [-0.4, -0.2) is 39.1 Å². The Morgan fingerprint density at radius 2 is 1.93 bits per heavy atom. The summed E-state index contributed by atoms with van der Waals surface area (Å²) < 4.78 is 2.28. The average molecular weight is 359 g/mol. The molecule has 1 aromatic carbocycles. The Morgan fingerprint density at radius 1 is 1.15 bits per heavy atom. The molecular weight excluding hydrogens is 334 g/mol. The summed E-state index contributed by atoms with van der Waals surface area (Å²) in [5, 5.41) is 8.88. The fraction of sp³-hybridized carbons (Fsp3) is 0.409. The molecule has 3 heterocycles. The maximum absolute atomic E-state index is 8.88. The number of benzene rings is 1. The van der Waals surface area contributed by atoms with E-state index in [1.165, 1.54) is 11.1 Å². The second-order valence-corrected chi connectivity index (χ2v) is 7.53. The van der Waals surface area contributed by atoms with Crippen LogP contribution in [0.15, 0.2) is 42.6 Å². The van der Waals surface area contributed by atoms with E-state index >= 15 is 0 Å². The number of imidazole rings is 1. The van der Waals surface area contributed by atoms with Crippen LogP contribution in [0.3, 0.4) is 0 Å². The van der Waals surface area contributed by atoms with Gasteiger partial charge in [-0.3, -0.25) is 4.90 Å². The number of rotatable bonds is 5. The van der Waals surface area contributed by atoms with Crippen molar-refractivity contribution in [1.29, 1.82) is 5.26 Å². The normalized spacial score (nSPS) is 15.9. The summed E-state index contributed by atoms with van der Waals surface area (Å²) in [6.45, 7) is 5.48. The molecule has 0 N–H and O–H groups in total. The summed E-state index contributed by atoms with van der Waals surface area (Å²) in [6, 6.07) is 15.0. The first-order chi connectivity index (χ1) is 13.2. The highest BCUT2D eigenvalue weighted by atomic mass is 15.1. The molecule has 1 saturated heterocycles. The van der Waals surface area contributed by atoms with E-state index in [4.69, 9.17) is 10.2 Å². The van der Waals surface area contributed by atoms with Gasteiger partial charge in [-0.25, -0.2) is 9.97 Å². The standard InChI is InChI=1S/C22H25N5/c1-17-4-6-19(7-5-17)16-27-21(25-20-3-2-11-24-22(20)27)15-18-8-12-26(13-9-18)14-10-23/h2-7,11,18H,8-9,12-16H2,1H3. The van der Waals surface area contributed by atoms with E-state index in [-0.39, 0.29) is 0 Å². The number of hydrogen-bond acceptors (Lipinski definition) is 4. The van der Waals surface area contributed by atoms with Crippen LogP contribution in [0.1, 0.15) is 29.8 Å². The van der Waals surface area contributed by atoms with Gasteiger partial charge in [0.1, 0.15) is 11.3 Å². The molecule has 5 heteroatoms. The molecule has 27 heavy (non-hydrogen) atoms. The van der Waals surface area contributed by atoms with Gasteiger partial charge >= 0.3 is 0 Å². The van der Waals surface area contributed by atoms with Crippen LogP contribution in [0.4, 0.5) is 0 Å². The molecule has 0 aliphatic carbocycles. The SMILES string of the molecule is Cc1ccc(Cn2c(CC3CCN(CC#N)CC3)nc3cccnc32)cc1. The Balaban J connectivity index is 1.57. The number of aryl methyl sites for hydroxylation is 1. The Morgan fingerprint density at radius 3 is 2.67 bits per heavy atom. The molecule has 1 aliphatic heterocycles. The number of fused-ring (bicyclic) bond motifs is 1. The number of nitrogens with zero attached hydrogens (tertiary/aromatic N) is 5. The minimum absolute atomic E-state index is 0.544. The van der Waals surface area contributed by atoms with E-state index in [2.05, 4.69) is 51.7 Å². The molecular formula is C22H25N5. The van der Waals surface area contributed by atoms with Crippen molar-refractivity contribution in [2.24, 2.45) is 5.92 Å². The first kappa shape index (κ1) is 17.7. The molecule has 1 aliphatic rings. The quantitative estimate of drug-likeness (QED) is 0.654. The zero-order valence-electron chi connectivity index (χ0n) is 15.8. The first-order valence-corrected chi connectivity index (χ1v) is 9.68. The molecule has 0 spiro atoms. The van der Waals surface area contributed by atoms with Gasteiger partial charge in [-0.1, -0.05) is 29.8 Å². The van der Waals surface area contributed by atoms with Crippen LogP contribution < -0.4 is 0 Å². The number of nitriles is 1. The third kappa shape index (κ3) is 4.01. The van der Waals surface area contributed by atoms with Crippen molar-refractivity contribution in [2.45, 2.75) is 32.7 Å². The molecule has 0 atom stereocenters. The van der Waals surface area contributed by atoms with Crippen LogP contribution in [0.5, 0.6) is 0 Å². The van der Waals surface area contributed by atoms with Crippen LogP contribution in [0.2, 0.25) is 0 Å². The highest BCUT2D eigenvalue weighted by Gasteiger charge is 2.22. The Kier molecular flexibility index (Phi) is 5.17. The second-order valence-electron chi connectivity index (χ2n) is 7.53. The second kappa shape index (κ2) is 7.89. The average Bonchev–Trinajstić information content (AvgIpc) is 3.02. The molecule has 5 nitrogen and oxygen atoms in total. The molecule has 0 bridgehead atoms. The molecule has 0 amide bonds. The molecule has 0 unspecified atom stereocenters. The summed E-state index contributed by atoms with van der Waals surface area (Å²) >= 11 is 0. The summed E-state index contributed by atoms with van der Waals surface area (Å²) in [4.78, 5) is 11.8. The molecule has 3 aromatic rings. The van der Waals surface area contributed by atoms with E-state index < -0.39 is 0 Å². The molecule has 138 valence electrons. The Labute approximate surface area is 160 Å². The predicted octanol–water partition coefficient (Wildman–Crippen LogP) is 3.57. The van der Waals surface area contributed by atoms with Crippen molar-refractivity contribution >= 4 is 11.2 Å². The highest BCUT2D eigenvalue weighted by molar-refractivity contribution is 5.71. The maximum atomic E-state index is 8.88. The van der Waals surface area contributed by atoms with Gasteiger partial charge in [0, 0.05) is 12.6 Å². The lowest BCUT2D eigenvalue weighted by atomic mass is 9.93. The van der Waals surface area contributed by atoms with E-state index in [0.29, 0.717) is 12.5 Å². The van der Waals surface area contributed by atoms with Crippen LogP contribution >= 0.6 is 0 Å². The third-order valence-corrected chi connectivity index (χ3v) is 5.52. The van der Waals surface area contributed by atoms with Gasteiger partial charge in [0.15, 0.2) is 5.65 Å². The van der Waals surface area contributed by atoms with Gasteiger partial charge in [0.25, 0.3) is 0 Å². The number of piperidine rings is 1. The number of hydrogen-bond donors (Lipinski definition) is 0. The lowest BCUT2D eigenvalue weighted by Crippen LogP contribution is -2.34. The zero-order valence-corrected chi connectivity index (χ0v) is 15.8. The Hall–Kier alpha value is -2.71. The summed E-state index contributed by atoms with van der Waals surface area (Å²) in [6.07, 6.45) is 5.08. The molecule has 4 rings (SSSR count). The Bertz CT molecular complexity index is 943. The van der Waals surface area contributed by atoms with E-state index in [9.17, 15) is 0 Å². The third-order valence-electron chi connectivity index (χ3n) is 5.52. The fourth-order valence-electron chi connectivity index (χ4n) is 3.91. The van der Waals surface area contributed by atoms with Gasteiger partial charge in [0.05, 0.1) is 19.2 Å². The molecule has 2 aromatic heterocycles. The zero-order chi connectivity index (χ0) is 18.6. The van der Waals surface area contributed by atoms with Crippen molar-refractivity contribution in [3.63, 3.8) is 0 Å². The number of likely N-dealkylation sites (tertiary alicyclic amines) is 1. The largest absolute Gasteiger partial charge is 0.308 e. The van der Waals surface area contributed by atoms with Crippen LogP contribution in [0.25, 0.3) is 11.2 Å². The van der Waals surface area contributed by atoms with Gasteiger partial charge in [0.2, 0.25) is 0 Å². The van der Waals surface area contributed by atoms with Crippen LogP contribution in [0, 0.1) is 24.2 Å². The lowest BCUT2D eigenvalue weighted by molar-refractivity contribution is 0.200. The monoisotopic (exact) mass is 359 g/mol. The summed E-state index contributed by atoms with van der Waals surface area (Å²) in [7, 11) is 0. The van der Waals surface area contributed by atoms with Crippen molar-refractivity contribution in [2.75, 3.05) is 19.6 Å². The topological polar surface area (TPSA) is 57.7 Å². The van der Waals surface area contributed by atoms with E-state index in [0.717, 1.165) is 55.9 Å². The minimum atomic E-state index is 0.544. The van der Waals surface area contributed by atoms with Crippen molar-refractivity contribution < 1.29 is 0 Å². The van der Waals surface area contributed by atoms with Gasteiger partial charge < -0.3 is 4.57 Å². The summed E-state index contributed by atoms with van der Waals surface area (Å²) in [5.74, 6) is 1.75. The minimum Gasteiger partial charge on any atom is -0.308 e. The maximum Gasteiger partial charge on any atom is 0.160 e. The first-order valence-electron chi connectivity index (χ1n) is 9.68. The number of pyridine rings is 1. The van der Waals surface area contributed by atoms with Crippen molar-refractivity contribution in [3.8, 4) is 6.07 Å². The smallest absolute Gasteiger partial charge is 0.160 e. The molecule has 0 radical (unpaired) electrons. The molecule has 1 fully saturated rings. The highest BCUT2D eigenvalue weighted by Crippen LogP contribution is 2.24. The van der Waals surface area contributed by atoms with Crippen molar-refractivity contribution in [3.05, 3.63) is 59.5 Å². The lowest BCUT2D eigenvalue weighted by Gasteiger charge is -2.30. The van der Waals surface area contributed by atoms with Gasteiger partial charge in [-0.2, -0.15) is 5.26 Å². The van der Waals surface area contributed by atoms with Gasteiger partial charge in [-0.05, 0) is 56.5 Å². The van der Waals surface area contributed by atoms with Crippen molar-refractivity contribution in [1.82, 2.24) is 19.4 Å². The predicted molar refractivity (Wildman–Crippen MR) is 106 cm³/mol. The number of aromatic nitrogens is 3. The molecule has 0 saturated carbocycles. The fourth-order valence-corrected chi connectivity index (χ4v) is 3.91. The van der Waals surface area contributed by atoms with Gasteiger partial charge in [-0.15, -0.1) is 0 Å². The summed E-state index contributed by atoms with van der Waals surface area (Å²) in [5.41, 5.74) is 4.49. The van der Waals surface area contributed by atoms with E-state index in [1.54, 1.807) is 0 Å². The van der Waals surface area contributed by atoms with Crippen LogP contribution in [-0.2, 0) is 13.0 Å².